The van der Waals surface area contributed by atoms with Crippen LogP contribution < -0.4 is 10.6 Å². The van der Waals surface area contributed by atoms with Gasteiger partial charge >= 0.3 is 6.03 Å². The maximum atomic E-state index is 11.8. The molecule has 1 unspecified atom stereocenters. The average Bonchev–Trinajstić information content (AvgIpc) is 2.89. The van der Waals surface area contributed by atoms with E-state index >= 15 is 0 Å². The predicted octanol–water partition coefficient (Wildman–Crippen LogP) is 1.53. The highest BCUT2D eigenvalue weighted by molar-refractivity contribution is 5.74. The van der Waals surface area contributed by atoms with Crippen LogP contribution >= 0.6 is 0 Å². The first kappa shape index (κ1) is 13.7. The van der Waals surface area contributed by atoms with Gasteiger partial charge in [-0.1, -0.05) is 18.2 Å². The smallest absolute Gasteiger partial charge is 0.317 e. The number of urea groups is 1. The summed E-state index contributed by atoms with van der Waals surface area (Å²) in [5.41, 5.74) is 1.11. The SMILES string of the molecule is COCCNC(=O)N1CCC(Nc2ccccc2)C1. The number of nitrogens with zero attached hydrogens (tertiary/aromatic N) is 1. The van der Waals surface area contributed by atoms with Crippen LogP contribution in [0, 0.1) is 0 Å². The fraction of sp³-hybridized carbons (Fsp3) is 0.500. The van der Waals surface area contributed by atoms with E-state index in [0.29, 0.717) is 19.2 Å². The molecule has 5 heteroatoms. The summed E-state index contributed by atoms with van der Waals surface area (Å²) in [6, 6.07) is 10.4. The van der Waals surface area contributed by atoms with Gasteiger partial charge < -0.3 is 20.3 Å². The number of carbonyl (C=O) groups excluding carboxylic acids is 1. The molecule has 1 aromatic carbocycles. The lowest BCUT2D eigenvalue weighted by molar-refractivity contribution is 0.185. The number of methoxy groups -OCH3 is 1. The summed E-state index contributed by atoms with van der Waals surface area (Å²) in [4.78, 5) is 13.7. The fourth-order valence-corrected chi connectivity index (χ4v) is 2.20. The highest BCUT2D eigenvalue weighted by Crippen LogP contribution is 2.15. The van der Waals surface area contributed by atoms with Crippen LogP contribution in [0.2, 0.25) is 0 Å². The number of ether oxygens (including phenoxy) is 1. The molecule has 0 aliphatic carbocycles. The van der Waals surface area contributed by atoms with Gasteiger partial charge in [0.25, 0.3) is 0 Å². The van der Waals surface area contributed by atoms with Gasteiger partial charge in [-0.3, -0.25) is 0 Å². The Bertz CT molecular complexity index is 397. The molecule has 1 aromatic rings. The van der Waals surface area contributed by atoms with E-state index in [2.05, 4.69) is 10.6 Å². The van der Waals surface area contributed by atoms with Gasteiger partial charge in [-0.15, -0.1) is 0 Å². The van der Waals surface area contributed by atoms with Gasteiger partial charge in [-0.25, -0.2) is 4.79 Å². The number of anilines is 1. The molecule has 5 nitrogen and oxygen atoms in total. The summed E-state index contributed by atoms with van der Waals surface area (Å²) in [6.45, 7) is 2.64. The molecule has 2 rings (SSSR count). The van der Waals surface area contributed by atoms with E-state index < -0.39 is 0 Å². The molecule has 104 valence electrons. The third-order valence-electron chi connectivity index (χ3n) is 3.20. The highest BCUT2D eigenvalue weighted by atomic mass is 16.5. The highest BCUT2D eigenvalue weighted by Gasteiger charge is 2.25. The Labute approximate surface area is 113 Å². The fourth-order valence-electron chi connectivity index (χ4n) is 2.20. The van der Waals surface area contributed by atoms with Crippen LogP contribution in [0.15, 0.2) is 30.3 Å². The molecule has 0 radical (unpaired) electrons. The first-order valence-corrected chi connectivity index (χ1v) is 6.63. The monoisotopic (exact) mass is 263 g/mol. The number of carbonyl (C=O) groups is 1. The molecule has 1 fully saturated rings. The van der Waals surface area contributed by atoms with Crippen molar-refractivity contribution in [3.8, 4) is 0 Å². The molecular weight excluding hydrogens is 242 g/mol. The molecule has 19 heavy (non-hydrogen) atoms. The topological polar surface area (TPSA) is 53.6 Å². The quantitative estimate of drug-likeness (QED) is 0.792. The first-order chi connectivity index (χ1) is 9.29. The number of hydrogen-bond donors (Lipinski definition) is 2. The average molecular weight is 263 g/mol. The number of para-hydroxylation sites is 1. The second-order valence-electron chi connectivity index (χ2n) is 4.67. The molecule has 0 spiro atoms. The minimum atomic E-state index is -0.00517. The van der Waals surface area contributed by atoms with Crippen LogP contribution in [-0.2, 0) is 4.74 Å². The van der Waals surface area contributed by atoms with Crippen LogP contribution in [0.3, 0.4) is 0 Å². The van der Waals surface area contributed by atoms with E-state index in [1.807, 2.05) is 35.2 Å². The third-order valence-corrected chi connectivity index (χ3v) is 3.20. The van der Waals surface area contributed by atoms with Gasteiger partial charge in [0, 0.05) is 38.5 Å². The van der Waals surface area contributed by atoms with Crippen LogP contribution in [0.5, 0.6) is 0 Å². The lowest BCUT2D eigenvalue weighted by Crippen LogP contribution is -2.40. The van der Waals surface area contributed by atoms with Crippen molar-refractivity contribution in [2.45, 2.75) is 12.5 Å². The number of likely N-dealkylation sites (tertiary alicyclic amines) is 1. The van der Waals surface area contributed by atoms with E-state index in [-0.39, 0.29) is 6.03 Å². The van der Waals surface area contributed by atoms with E-state index in [1.54, 1.807) is 7.11 Å². The van der Waals surface area contributed by atoms with Crippen molar-refractivity contribution in [2.75, 3.05) is 38.7 Å². The first-order valence-electron chi connectivity index (χ1n) is 6.63. The molecule has 0 saturated carbocycles. The number of nitrogens with one attached hydrogen (secondary N) is 2. The molecule has 1 aliphatic heterocycles. The Kier molecular flexibility index (Phi) is 5.03. The van der Waals surface area contributed by atoms with E-state index in [1.165, 1.54) is 0 Å². The van der Waals surface area contributed by atoms with Crippen molar-refractivity contribution < 1.29 is 9.53 Å². The maximum absolute atomic E-state index is 11.8. The van der Waals surface area contributed by atoms with Crippen LogP contribution in [0.25, 0.3) is 0 Å². The van der Waals surface area contributed by atoms with Crippen LogP contribution in [0.4, 0.5) is 10.5 Å². The van der Waals surface area contributed by atoms with Crippen molar-refractivity contribution in [1.82, 2.24) is 10.2 Å². The Morgan fingerprint density at radius 2 is 2.21 bits per heavy atom. The Balaban J connectivity index is 1.75. The molecule has 1 aliphatic rings. The second-order valence-corrected chi connectivity index (χ2v) is 4.67. The molecule has 0 bridgehead atoms. The summed E-state index contributed by atoms with van der Waals surface area (Å²) in [5.74, 6) is 0. The summed E-state index contributed by atoms with van der Waals surface area (Å²) in [7, 11) is 1.63. The standard InChI is InChI=1S/C14H21N3O2/c1-19-10-8-15-14(18)17-9-7-13(11-17)16-12-5-3-2-4-6-12/h2-6,13,16H,7-11H2,1H3,(H,15,18). The Hall–Kier alpha value is -1.75. The van der Waals surface area contributed by atoms with Crippen molar-refractivity contribution in [3.05, 3.63) is 30.3 Å². The minimum absolute atomic E-state index is 0.00517. The van der Waals surface area contributed by atoms with Crippen LogP contribution in [-0.4, -0.2) is 50.3 Å². The molecule has 1 saturated heterocycles. The van der Waals surface area contributed by atoms with Gasteiger partial charge in [0.1, 0.15) is 0 Å². The number of hydrogen-bond acceptors (Lipinski definition) is 3. The zero-order valence-corrected chi connectivity index (χ0v) is 11.3. The molecule has 2 amide bonds. The molecule has 1 heterocycles. The molecule has 0 aromatic heterocycles. The van der Waals surface area contributed by atoms with Gasteiger partial charge in [-0.2, -0.15) is 0 Å². The van der Waals surface area contributed by atoms with Crippen molar-refractivity contribution in [2.24, 2.45) is 0 Å². The zero-order chi connectivity index (χ0) is 13.5. The van der Waals surface area contributed by atoms with Gasteiger partial charge in [-0.05, 0) is 18.6 Å². The third kappa shape index (κ3) is 4.13. The van der Waals surface area contributed by atoms with Crippen molar-refractivity contribution >= 4 is 11.7 Å². The minimum Gasteiger partial charge on any atom is -0.383 e. The number of rotatable bonds is 5. The molecular formula is C14H21N3O2. The molecule has 2 N–H and O–H groups in total. The second kappa shape index (κ2) is 6.99. The molecule has 1 atom stereocenters. The summed E-state index contributed by atoms with van der Waals surface area (Å²) in [5, 5.41) is 6.29. The van der Waals surface area contributed by atoms with Crippen molar-refractivity contribution in [3.63, 3.8) is 0 Å². The van der Waals surface area contributed by atoms with Crippen LogP contribution in [0.1, 0.15) is 6.42 Å². The Morgan fingerprint density at radius 1 is 1.42 bits per heavy atom. The van der Waals surface area contributed by atoms with Gasteiger partial charge in [0.15, 0.2) is 0 Å². The van der Waals surface area contributed by atoms with E-state index in [4.69, 9.17) is 4.74 Å². The number of amides is 2. The summed E-state index contributed by atoms with van der Waals surface area (Å²) >= 11 is 0. The predicted molar refractivity (Wildman–Crippen MR) is 75.3 cm³/mol. The summed E-state index contributed by atoms with van der Waals surface area (Å²) < 4.78 is 4.91. The van der Waals surface area contributed by atoms with Crippen molar-refractivity contribution in [1.29, 1.82) is 0 Å². The maximum Gasteiger partial charge on any atom is 0.317 e. The lowest BCUT2D eigenvalue weighted by Gasteiger charge is -2.18. The van der Waals surface area contributed by atoms with E-state index in [9.17, 15) is 4.79 Å². The lowest BCUT2D eigenvalue weighted by atomic mass is 10.2. The van der Waals surface area contributed by atoms with Gasteiger partial charge in [0.05, 0.1) is 6.61 Å². The zero-order valence-electron chi connectivity index (χ0n) is 11.3. The Morgan fingerprint density at radius 3 is 2.95 bits per heavy atom. The number of benzene rings is 1. The van der Waals surface area contributed by atoms with Gasteiger partial charge in [0.2, 0.25) is 0 Å². The van der Waals surface area contributed by atoms with E-state index in [0.717, 1.165) is 25.2 Å². The normalized spacial score (nSPS) is 18.4. The summed E-state index contributed by atoms with van der Waals surface area (Å²) in [6.07, 6.45) is 0.979. The largest absolute Gasteiger partial charge is 0.383 e.